The third kappa shape index (κ3) is 4.02. The Labute approximate surface area is 179 Å². The summed E-state index contributed by atoms with van der Waals surface area (Å²) in [7, 11) is 0. The molecule has 0 amide bonds. The van der Waals surface area contributed by atoms with Crippen LogP contribution in [-0.4, -0.2) is 0 Å². The smallest absolute Gasteiger partial charge is 0.262 e. The van der Waals surface area contributed by atoms with E-state index in [1.54, 1.807) is 0 Å². The van der Waals surface area contributed by atoms with Crippen molar-refractivity contribution in [2.45, 2.75) is 26.3 Å². The standard InChI is InChI=1S/C23H20Cl2N2S/c1-2-27-20-5-3-4-6-21(20)28-22(27)14-9-16-7-8-17(23(16)25)15-26-19-12-10-18(24)11-13-19/h3-6,9-15H,2,7-8H2,1H3/p+1. The molecule has 0 fully saturated rings. The first-order chi connectivity index (χ1) is 13.7. The zero-order chi connectivity index (χ0) is 19.5. The molecule has 0 saturated carbocycles. The Morgan fingerprint density at radius 1 is 1.04 bits per heavy atom. The van der Waals surface area contributed by atoms with Crippen LogP contribution in [0.2, 0.25) is 5.02 Å². The minimum Gasteiger partial charge on any atom is -0.361 e. The van der Waals surface area contributed by atoms with E-state index >= 15 is 0 Å². The molecule has 0 bridgehead atoms. The highest BCUT2D eigenvalue weighted by molar-refractivity contribution is 7.18. The van der Waals surface area contributed by atoms with E-state index in [2.05, 4.69) is 53.2 Å². The lowest BCUT2D eigenvalue weighted by Crippen LogP contribution is -2.33. The van der Waals surface area contributed by atoms with E-state index < -0.39 is 0 Å². The number of fused-ring (bicyclic) bond motifs is 1. The molecule has 28 heavy (non-hydrogen) atoms. The molecule has 1 N–H and O–H groups in total. The van der Waals surface area contributed by atoms with Crippen LogP contribution in [0.15, 0.2) is 77.0 Å². The van der Waals surface area contributed by atoms with E-state index in [0.29, 0.717) is 0 Å². The Morgan fingerprint density at radius 2 is 1.82 bits per heavy atom. The van der Waals surface area contributed by atoms with E-state index in [-0.39, 0.29) is 0 Å². The SMILES string of the molecule is CC[n+]1c(C=CC2=C(Cl)C(=CNc3ccc(Cl)cc3)CC2)sc2ccccc21. The maximum Gasteiger partial charge on any atom is 0.262 e. The number of allylic oxidation sites excluding steroid dienone is 4. The second-order valence-electron chi connectivity index (χ2n) is 6.65. The molecule has 3 aromatic rings. The predicted molar refractivity (Wildman–Crippen MR) is 122 cm³/mol. The predicted octanol–water partition coefficient (Wildman–Crippen LogP) is 7.16. The van der Waals surface area contributed by atoms with Gasteiger partial charge in [0.2, 0.25) is 5.52 Å². The van der Waals surface area contributed by atoms with Crippen LogP contribution >= 0.6 is 34.5 Å². The highest BCUT2D eigenvalue weighted by atomic mass is 35.5. The van der Waals surface area contributed by atoms with Gasteiger partial charge in [0.05, 0.1) is 0 Å². The first-order valence-corrected chi connectivity index (χ1v) is 10.9. The van der Waals surface area contributed by atoms with Crippen molar-refractivity contribution in [3.8, 4) is 0 Å². The van der Waals surface area contributed by atoms with Gasteiger partial charge in [-0.3, -0.25) is 0 Å². The molecular formula is C23H21Cl2N2S+. The summed E-state index contributed by atoms with van der Waals surface area (Å²) in [6.07, 6.45) is 8.27. The van der Waals surface area contributed by atoms with Crippen LogP contribution in [0.5, 0.6) is 0 Å². The quantitative estimate of drug-likeness (QED) is 0.427. The highest BCUT2D eigenvalue weighted by Gasteiger charge is 2.19. The van der Waals surface area contributed by atoms with Crippen molar-refractivity contribution in [2.75, 3.05) is 5.32 Å². The fraction of sp³-hybridized carbons (Fsp3) is 0.174. The molecule has 5 heteroatoms. The normalized spacial score (nSPS) is 16.0. The minimum atomic E-state index is 0.731. The van der Waals surface area contributed by atoms with Crippen LogP contribution in [0.25, 0.3) is 16.3 Å². The van der Waals surface area contributed by atoms with Crippen molar-refractivity contribution in [1.29, 1.82) is 0 Å². The Kier molecular flexibility index (Phi) is 5.86. The number of hydrogen-bond acceptors (Lipinski definition) is 2. The fourth-order valence-corrected chi connectivity index (χ4v) is 4.94. The number of hydrogen-bond donors (Lipinski definition) is 1. The summed E-state index contributed by atoms with van der Waals surface area (Å²) in [6, 6.07) is 16.2. The lowest BCUT2D eigenvalue weighted by atomic mass is 10.2. The molecule has 0 atom stereocenters. The number of anilines is 1. The largest absolute Gasteiger partial charge is 0.361 e. The molecule has 1 aliphatic carbocycles. The number of para-hydroxylation sites is 1. The number of nitrogens with one attached hydrogen (secondary N) is 1. The first kappa shape index (κ1) is 19.3. The van der Waals surface area contributed by atoms with Crippen molar-refractivity contribution in [2.24, 2.45) is 0 Å². The molecule has 1 heterocycles. The topological polar surface area (TPSA) is 15.9 Å². The lowest BCUT2D eigenvalue weighted by Gasteiger charge is -2.03. The molecular weight excluding hydrogens is 407 g/mol. The summed E-state index contributed by atoms with van der Waals surface area (Å²) in [5.41, 5.74) is 4.61. The monoisotopic (exact) mass is 427 g/mol. The summed E-state index contributed by atoms with van der Waals surface area (Å²) in [5.74, 6) is 0. The van der Waals surface area contributed by atoms with E-state index in [1.807, 2.05) is 41.8 Å². The third-order valence-corrected chi connectivity index (χ3v) is 6.73. The zero-order valence-corrected chi connectivity index (χ0v) is 17.9. The van der Waals surface area contributed by atoms with Crippen molar-refractivity contribution in [3.05, 3.63) is 87.0 Å². The number of aryl methyl sites for hydroxylation is 1. The number of aromatic nitrogens is 1. The van der Waals surface area contributed by atoms with Crippen LogP contribution in [0.4, 0.5) is 5.69 Å². The second kappa shape index (κ2) is 8.52. The van der Waals surface area contributed by atoms with Gasteiger partial charge in [-0.1, -0.05) is 52.7 Å². The highest BCUT2D eigenvalue weighted by Crippen LogP contribution is 2.35. The first-order valence-electron chi connectivity index (χ1n) is 9.35. The average molecular weight is 428 g/mol. The van der Waals surface area contributed by atoms with Gasteiger partial charge in [-0.05, 0) is 61.2 Å². The van der Waals surface area contributed by atoms with Gasteiger partial charge < -0.3 is 5.32 Å². The van der Waals surface area contributed by atoms with Crippen LogP contribution in [0, 0.1) is 0 Å². The number of benzene rings is 2. The van der Waals surface area contributed by atoms with E-state index in [4.69, 9.17) is 23.2 Å². The number of halogens is 2. The molecule has 2 nitrogen and oxygen atoms in total. The van der Waals surface area contributed by atoms with E-state index in [9.17, 15) is 0 Å². The maximum atomic E-state index is 6.65. The summed E-state index contributed by atoms with van der Waals surface area (Å²) >= 11 is 14.4. The molecule has 2 aromatic carbocycles. The van der Waals surface area contributed by atoms with E-state index in [1.165, 1.54) is 20.8 Å². The van der Waals surface area contributed by atoms with Gasteiger partial charge in [0, 0.05) is 34.1 Å². The zero-order valence-electron chi connectivity index (χ0n) is 15.6. The van der Waals surface area contributed by atoms with Crippen LogP contribution in [-0.2, 0) is 6.54 Å². The van der Waals surface area contributed by atoms with Gasteiger partial charge in [-0.25, -0.2) is 0 Å². The van der Waals surface area contributed by atoms with Crippen LogP contribution in [0.3, 0.4) is 0 Å². The Balaban J connectivity index is 1.55. The molecule has 0 aliphatic heterocycles. The third-order valence-electron chi connectivity index (χ3n) is 4.86. The average Bonchev–Trinajstić information content (AvgIpc) is 3.25. The Hall–Kier alpha value is -2.07. The van der Waals surface area contributed by atoms with Crippen molar-refractivity contribution >= 4 is 56.5 Å². The minimum absolute atomic E-state index is 0.731. The van der Waals surface area contributed by atoms with Gasteiger partial charge in [-0.15, -0.1) is 0 Å². The molecule has 0 spiro atoms. The van der Waals surface area contributed by atoms with Gasteiger partial charge in [0.25, 0.3) is 5.01 Å². The molecule has 1 aromatic heterocycles. The van der Waals surface area contributed by atoms with Gasteiger partial charge in [-0.2, -0.15) is 4.57 Å². The Bertz CT molecular complexity index is 1090. The van der Waals surface area contributed by atoms with Crippen molar-refractivity contribution in [1.82, 2.24) is 0 Å². The maximum absolute atomic E-state index is 6.65. The van der Waals surface area contributed by atoms with Crippen LogP contribution in [0.1, 0.15) is 24.8 Å². The van der Waals surface area contributed by atoms with E-state index in [0.717, 1.165) is 40.7 Å². The van der Waals surface area contributed by atoms with Gasteiger partial charge in [0.1, 0.15) is 11.2 Å². The number of thiazole rings is 1. The molecule has 0 radical (unpaired) electrons. The molecule has 0 unspecified atom stereocenters. The lowest BCUT2D eigenvalue weighted by molar-refractivity contribution is -0.665. The summed E-state index contributed by atoms with van der Waals surface area (Å²) < 4.78 is 3.65. The second-order valence-corrected chi connectivity index (χ2v) is 8.52. The fourth-order valence-electron chi connectivity index (χ4n) is 3.38. The number of rotatable bonds is 5. The van der Waals surface area contributed by atoms with Crippen LogP contribution < -0.4 is 9.88 Å². The van der Waals surface area contributed by atoms with Gasteiger partial charge >= 0.3 is 0 Å². The molecule has 0 saturated heterocycles. The molecule has 4 rings (SSSR count). The summed E-state index contributed by atoms with van der Waals surface area (Å²) in [5, 5.41) is 6.14. The van der Waals surface area contributed by atoms with Crippen molar-refractivity contribution < 1.29 is 4.57 Å². The van der Waals surface area contributed by atoms with Gasteiger partial charge in [0.15, 0.2) is 0 Å². The number of nitrogens with zero attached hydrogens (tertiary/aromatic N) is 1. The molecule has 142 valence electrons. The Morgan fingerprint density at radius 3 is 2.61 bits per heavy atom. The van der Waals surface area contributed by atoms with Crippen molar-refractivity contribution in [3.63, 3.8) is 0 Å². The summed E-state index contributed by atoms with van der Waals surface area (Å²) in [6.45, 7) is 3.13. The molecule has 1 aliphatic rings. The summed E-state index contributed by atoms with van der Waals surface area (Å²) in [4.78, 5) is 0.